The first-order valence-electron chi connectivity index (χ1n) is 12.5. The predicted molar refractivity (Wildman–Crippen MR) is 146 cm³/mol. The fourth-order valence-corrected chi connectivity index (χ4v) is 4.81. The van der Waals surface area contributed by atoms with Crippen LogP contribution < -0.4 is 4.90 Å². The fourth-order valence-electron chi connectivity index (χ4n) is 4.58. The number of anilines is 1. The highest BCUT2D eigenvalue weighted by atomic mass is 35.5. The molecule has 1 aliphatic heterocycles. The second-order valence-electron chi connectivity index (χ2n) is 9.12. The minimum absolute atomic E-state index is 0.0398. The second kappa shape index (κ2) is 11.5. The van der Waals surface area contributed by atoms with Gasteiger partial charge in [0.25, 0.3) is 5.91 Å². The summed E-state index contributed by atoms with van der Waals surface area (Å²) in [5.41, 5.74) is 2.49. The number of benzene rings is 2. The standard InChI is InChI=1S/C29H28ClN5O3/c1-21(22-8-3-2-4-9-22)35(29(37)26-12-7-19-38-26)20-28(36)34-17-15-33(16-18-34)27-14-13-25(31-32-27)23-10-5-6-11-24(23)30/h2-14,19,21H,15-18,20H2,1H3/t21-/m0/s1. The number of hydrogen-bond donors (Lipinski definition) is 0. The van der Waals surface area contributed by atoms with Crippen LogP contribution in [0.15, 0.2) is 89.5 Å². The molecule has 2 aromatic carbocycles. The van der Waals surface area contributed by atoms with Gasteiger partial charge in [0.15, 0.2) is 11.6 Å². The minimum Gasteiger partial charge on any atom is -0.459 e. The maximum atomic E-state index is 13.3. The first-order valence-corrected chi connectivity index (χ1v) is 12.9. The summed E-state index contributed by atoms with van der Waals surface area (Å²) < 4.78 is 5.35. The Hall–Kier alpha value is -4.17. The lowest BCUT2D eigenvalue weighted by molar-refractivity contribution is -0.132. The summed E-state index contributed by atoms with van der Waals surface area (Å²) in [5.74, 6) is 0.546. The normalized spacial score (nSPS) is 14.3. The molecule has 0 saturated carbocycles. The third-order valence-electron chi connectivity index (χ3n) is 6.80. The van der Waals surface area contributed by atoms with Crippen molar-refractivity contribution in [1.29, 1.82) is 0 Å². The van der Waals surface area contributed by atoms with Crippen LogP contribution in [0.4, 0.5) is 5.82 Å². The first-order chi connectivity index (χ1) is 18.5. The molecule has 3 heterocycles. The second-order valence-corrected chi connectivity index (χ2v) is 9.53. The number of hydrogen-bond acceptors (Lipinski definition) is 6. The van der Waals surface area contributed by atoms with Gasteiger partial charge in [0.05, 0.1) is 23.0 Å². The van der Waals surface area contributed by atoms with Crippen LogP contribution in [-0.4, -0.2) is 64.5 Å². The third-order valence-corrected chi connectivity index (χ3v) is 7.13. The lowest BCUT2D eigenvalue weighted by Gasteiger charge is -2.37. The summed E-state index contributed by atoms with van der Waals surface area (Å²) in [7, 11) is 0. The van der Waals surface area contributed by atoms with E-state index in [9.17, 15) is 9.59 Å². The van der Waals surface area contributed by atoms with Gasteiger partial charge in [0, 0.05) is 31.7 Å². The number of carbonyl (C=O) groups is 2. The minimum atomic E-state index is -0.313. The van der Waals surface area contributed by atoms with Crippen LogP contribution in [0.2, 0.25) is 5.02 Å². The number of rotatable bonds is 7. The molecule has 5 rings (SSSR count). The highest BCUT2D eigenvalue weighted by Crippen LogP contribution is 2.27. The molecule has 1 aliphatic rings. The zero-order chi connectivity index (χ0) is 26.5. The number of furan rings is 1. The largest absolute Gasteiger partial charge is 0.459 e. The van der Waals surface area contributed by atoms with Gasteiger partial charge in [0.1, 0.15) is 6.54 Å². The number of piperazine rings is 1. The Balaban J connectivity index is 1.23. The van der Waals surface area contributed by atoms with Crippen molar-refractivity contribution in [1.82, 2.24) is 20.0 Å². The van der Waals surface area contributed by atoms with Crippen molar-refractivity contribution < 1.29 is 14.0 Å². The fraction of sp³-hybridized carbons (Fsp3) is 0.241. The van der Waals surface area contributed by atoms with Crippen LogP contribution in [0.3, 0.4) is 0 Å². The molecule has 8 nitrogen and oxygen atoms in total. The van der Waals surface area contributed by atoms with Gasteiger partial charge in [-0.2, -0.15) is 0 Å². The Morgan fingerprint density at radius 2 is 1.66 bits per heavy atom. The molecule has 9 heteroatoms. The third kappa shape index (κ3) is 5.55. The molecule has 2 amide bonds. The van der Waals surface area contributed by atoms with E-state index in [1.807, 2.05) is 73.7 Å². The van der Waals surface area contributed by atoms with E-state index in [4.69, 9.17) is 16.0 Å². The quantitative estimate of drug-likeness (QED) is 0.337. The van der Waals surface area contributed by atoms with Crippen molar-refractivity contribution in [3.05, 3.63) is 101 Å². The van der Waals surface area contributed by atoms with Crippen LogP contribution in [-0.2, 0) is 4.79 Å². The molecule has 2 aromatic heterocycles. The van der Waals surface area contributed by atoms with Gasteiger partial charge in [0.2, 0.25) is 5.91 Å². The molecule has 38 heavy (non-hydrogen) atoms. The summed E-state index contributed by atoms with van der Waals surface area (Å²) >= 11 is 6.29. The zero-order valence-electron chi connectivity index (χ0n) is 21.0. The Kier molecular flexibility index (Phi) is 7.70. The van der Waals surface area contributed by atoms with Crippen LogP contribution in [0.1, 0.15) is 29.1 Å². The Morgan fingerprint density at radius 3 is 2.32 bits per heavy atom. The van der Waals surface area contributed by atoms with Gasteiger partial charge in [-0.25, -0.2) is 0 Å². The molecule has 1 saturated heterocycles. The summed E-state index contributed by atoms with van der Waals surface area (Å²) in [6, 6.07) is 24.0. The van der Waals surface area contributed by atoms with Gasteiger partial charge in [-0.15, -0.1) is 10.2 Å². The van der Waals surface area contributed by atoms with Gasteiger partial charge in [-0.1, -0.05) is 60.1 Å². The number of halogens is 1. The Morgan fingerprint density at radius 1 is 0.921 bits per heavy atom. The monoisotopic (exact) mass is 529 g/mol. The van der Waals surface area contributed by atoms with Crippen molar-refractivity contribution in [2.75, 3.05) is 37.6 Å². The lowest BCUT2D eigenvalue weighted by atomic mass is 10.1. The molecule has 0 spiro atoms. The van der Waals surface area contributed by atoms with E-state index >= 15 is 0 Å². The SMILES string of the molecule is C[C@@H](c1ccccc1)N(CC(=O)N1CCN(c2ccc(-c3ccccc3Cl)nn2)CC1)C(=O)c1ccco1. The highest BCUT2D eigenvalue weighted by molar-refractivity contribution is 6.33. The van der Waals surface area contributed by atoms with E-state index in [2.05, 4.69) is 15.1 Å². The van der Waals surface area contributed by atoms with Crippen LogP contribution >= 0.6 is 11.6 Å². The summed E-state index contributed by atoms with van der Waals surface area (Å²) in [6.07, 6.45) is 1.46. The molecule has 0 N–H and O–H groups in total. The van der Waals surface area contributed by atoms with Crippen LogP contribution in [0, 0.1) is 0 Å². The molecule has 0 unspecified atom stereocenters. The maximum absolute atomic E-state index is 13.3. The molecule has 1 atom stereocenters. The van der Waals surface area contributed by atoms with E-state index in [1.165, 1.54) is 6.26 Å². The Bertz CT molecular complexity index is 1370. The van der Waals surface area contributed by atoms with Crippen molar-refractivity contribution in [2.45, 2.75) is 13.0 Å². The van der Waals surface area contributed by atoms with E-state index in [1.54, 1.807) is 21.9 Å². The first kappa shape index (κ1) is 25.5. The number of aromatic nitrogens is 2. The number of nitrogens with zero attached hydrogens (tertiary/aromatic N) is 5. The van der Waals surface area contributed by atoms with E-state index in [0.29, 0.717) is 36.9 Å². The molecule has 0 aliphatic carbocycles. The smallest absolute Gasteiger partial charge is 0.290 e. The molecule has 0 radical (unpaired) electrons. The van der Waals surface area contributed by atoms with Gasteiger partial charge in [-0.3, -0.25) is 9.59 Å². The maximum Gasteiger partial charge on any atom is 0.290 e. The molecular formula is C29H28ClN5O3. The highest BCUT2D eigenvalue weighted by Gasteiger charge is 2.30. The lowest BCUT2D eigenvalue weighted by Crippen LogP contribution is -2.52. The topological polar surface area (TPSA) is 82.8 Å². The number of amides is 2. The summed E-state index contributed by atoms with van der Waals surface area (Å²) in [6.45, 7) is 4.16. The summed E-state index contributed by atoms with van der Waals surface area (Å²) in [4.78, 5) is 32.1. The van der Waals surface area contributed by atoms with Gasteiger partial charge in [-0.05, 0) is 42.8 Å². The molecule has 0 bridgehead atoms. The van der Waals surface area contributed by atoms with Crippen molar-refractivity contribution >= 4 is 29.2 Å². The van der Waals surface area contributed by atoms with E-state index < -0.39 is 0 Å². The number of carbonyl (C=O) groups excluding carboxylic acids is 2. The molecule has 1 fully saturated rings. The zero-order valence-corrected chi connectivity index (χ0v) is 21.8. The van der Waals surface area contributed by atoms with Gasteiger partial charge < -0.3 is 19.1 Å². The molecule has 194 valence electrons. The van der Waals surface area contributed by atoms with Gasteiger partial charge >= 0.3 is 0 Å². The van der Waals surface area contributed by atoms with Crippen molar-refractivity contribution in [2.24, 2.45) is 0 Å². The van der Waals surface area contributed by atoms with Crippen molar-refractivity contribution in [3.8, 4) is 11.3 Å². The summed E-state index contributed by atoms with van der Waals surface area (Å²) in [5, 5.41) is 9.39. The Labute approximate surface area is 226 Å². The average Bonchev–Trinajstić information content (AvgIpc) is 3.51. The molecule has 4 aromatic rings. The van der Waals surface area contributed by atoms with Crippen LogP contribution in [0.5, 0.6) is 0 Å². The van der Waals surface area contributed by atoms with E-state index in [-0.39, 0.29) is 30.2 Å². The molecular weight excluding hydrogens is 502 g/mol. The average molecular weight is 530 g/mol. The predicted octanol–water partition coefficient (Wildman–Crippen LogP) is 4.94. The van der Waals surface area contributed by atoms with Crippen LogP contribution in [0.25, 0.3) is 11.3 Å². The van der Waals surface area contributed by atoms with Crippen molar-refractivity contribution in [3.63, 3.8) is 0 Å². The van der Waals surface area contributed by atoms with E-state index in [0.717, 1.165) is 16.9 Å².